The van der Waals surface area contributed by atoms with Crippen LogP contribution in [-0.2, 0) is 14.8 Å². The number of hydrogen-bond acceptors (Lipinski definition) is 6. The summed E-state index contributed by atoms with van der Waals surface area (Å²) in [6.45, 7) is 2.88. The summed E-state index contributed by atoms with van der Waals surface area (Å²) in [7, 11) is -3.69. The third-order valence-electron chi connectivity index (χ3n) is 6.36. The maximum atomic E-state index is 13.6. The number of amides is 1. The zero-order valence-electron chi connectivity index (χ0n) is 18.0. The number of rotatable bonds is 4. The Balaban J connectivity index is 1.23. The normalized spacial score (nSPS) is 19.8. The van der Waals surface area contributed by atoms with Crippen molar-refractivity contribution in [2.45, 2.75) is 11.4 Å². The number of sulfonamides is 1. The molecule has 4 heterocycles. The van der Waals surface area contributed by atoms with Gasteiger partial charge in [-0.15, -0.1) is 0 Å². The molecule has 0 unspecified atom stereocenters. The Labute approximate surface area is 191 Å². The predicted octanol–water partition coefficient (Wildman–Crippen LogP) is 2.13. The van der Waals surface area contributed by atoms with Crippen molar-refractivity contribution in [2.24, 2.45) is 5.92 Å². The molecule has 10 heteroatoms. The summed E-state index contributed by atoms with van der Waals surface area (Å²) in [5.41, 5.74) is 1.58. The molecule has 2 saturated heterocycles. The molecular weight excluding hydrogens is 445 g/mol. The van der Waals surface area contributed by atoms with E-state index in [4.69, 9.17) is 0 Å². The second kappa shape index (κ2) is 8.68. The summed E-state index contributed by atoms with van der Waals surface area (Å²) < 4.78 is 40.5. The van der Waals surface area contributed by atoms with Crippen molar-refractivity contribution in [1.29, 1.82) is 0 Å². The van der Waals surface area contributed by atoms with Gasteiger partial charge < -0.3 is 9.80 Å². The maximum Gasteiger partial charge on any atom is 0.260 e. The molecule has 172 valence electrons. The molecule has 2 aliphatic heterocycles. The molecule has 0 N–H and O–H groups in total. The zero-order chi connectivity index (χ0) is 23.0. The molecule has 2 fully saturated rings. The second-order valence-corrected chi connectivity index (χ2v) is 10.2. The van der Waals surface area contributed by atoms with E-state index in [1.807, 2.05) is 11.0 Å². The van der Waals surface area contributed by atoms with Gasteiger partial charge in [-0.2, -0.15) is 4.31 Å². The van der Waals surface area contributed by atoms with Crippen molar-refractivity contribution < 1.29 is 17.6 Å². The molecule has 0 spiro atoms. The standard InChI is InChI=1S/C23H24FN5O3S/c24-18-4-5-19-20(15-18)25-9-6-21(19)27-11-13-28(14-12-27)23(30)17-7-10-29(16-17)33(31,32)22-3-1-2-8-26-22/h1-6,8-9,15,17H,7,10-14,16H2/t17-/m0/s1. The Hall–Kier alpha value is -3.11. The van der Waals surface area contributed by atoms with E-state index >= 15 is 0 Å². The molecular formula is C23H24FN5O3S. The van der Waals surface area contributed by atoms with Crippen LogP contribution in [0.5, 0.6) is 0 Å². The summed E-state index contributed by atoms with van der Waals surface area (Å²) in [5, 5.41) is 0.890. The van der Waals surface area contributed by atoms with Crippen molar-refractivity contribution in [1.82, 2.24) is 19.2 Å². The van der Waals surface area contributed by atoms with Gasteiger partial charge in [0.05, 0.1) is 11.4 Å². The predicted molar refractivity (Wildman–Crippen MR) is 122 cm³/mol. The first-order chi connectivity index (χ1) is 15.9. The lowest BCUT2D eigenvalue weighted by molar-refractivity contribution is -0.135. The van der Waals surface area contributed by atoms with Crippen molar-refractivity contribution in [3.05, 3.63) is 60.7 Å². The van der Waals surface area contributed by atoms with Crippen LogP contribution in [-0.4, -0.2) is 72.8 Å². The third kappa shape index (κ3) is 4.16. The number of pyridine rings is 2. The fourth-order valence-corrected chi connectivity index (χ4v) is 6.02. The molecule has 2 aromatic heterocycles. The lowest BCUT2D eigenvalue weighted by atomic mass is 10.1. The lowest BCUT2D eigenvalue weighted by Crippen LogP contribution is -2.50. The fourth-order valence-electron chi connectivity index (χ4n) is 4.59. The molecule has 2 aliphatic rings. The summed E-state index contributed by atoms with van der Waals surface area (Å²) in [4.78, 5) is 25.3. The minimum Gasteiger partial charge on any atom is -0.367 e. The highest BCUT2D eigenvalue weighted by Gasteiger charge is 2.38. The maximum absolute atomic E-state index is 13.6. The van der Waals surface area contributed by atoms with Crippen molar-refractivity contribution in [3.8, 4) is 0 Å². The largest absolute Gasteiger partial charge is 0.367 e. The topological polar surface area (TPSA) is 86.7 Å². The van der Waals surface area contributed by atoms with E-state index in [-0.39, 0.29) is 29.2 Å². The SMILES string of the molecule is O=C([C@H]1CCN(S(=O)(=O)c2ccccn2)C1)N1CCN(c2ccnc3cc(F)ccc23)CC1. The van der Waals surface area contributed by atoms with Crippen LogP contribution >= 0.6 is 0 Å². The quantitative estimate of drug-likeness (QED) is 0.582. The van der Waals surface area contributed by atoms with Gasteiger partial charge in [-0.05, 0) is 36.8 Å². The molecule has 3 aromatic rings. The van der Waals surface area contributed by atoms with Gasteiger partial charge in [0.25, 0.3) is 10.0 Å². The van der Waals surface area contributed by atoms with E-state index in [9.17, 15) is 17.6 Å². The van der Waals surface area contributed by atoms with Crippen molar-refractivity contribution in [2.75, 3.05) is 44.2 Å². The van der Waals surface area contributed by atoms with Crippen molar-refractivity contribution >= 4 is 32.5 Å². The van der Waals surface area contributed by atoms with Crippen LogP contribution in [0.4, 0.5) is 10.1 Å². The number of nitrogens with zero attached hydrogens (tertiary/aromatic N) is 5. The Morgan fingerprint density at radius 3 is 2.55 bits per heavy atom. The average Bonchev–Trinajstić information content (AvgIpc) is 3.35. The number of carbonyl (C=O) groups excluding carboxylic acids is 1. The Bertz CT molecular complexity index is 1280. The average molecular weight is 470 g/mol. The molecule has 8 nitrogen and oxygen atoms in total. The van der Waals surface area contributed by atoms with Gasteiger partial charge in [0, 0.05) is 68.8 Å². The Morgan fingerprint density at radius 1 is 0.970 bits per heavy atom. The number of anilines is 1. The van der Waals surface area contributed by atoms with Crippen LogP contribution in [0.1, 0.15) is 6.42 Å². The van der Waals surface area contributed by atoms with Gasteiger partial charge in [-0.1, -0.05) is 6.07 Å². The van der Waals surface area contributed by atoms with Crippen LogP contribution in [0, 0.1) is 11.7 Å². The number of hydrogen-bond donors (Lipinski definition) is 0. The first kappa shape index (κ1) is 21.7. The molecule has 1 atom stereocenters. The number of benzene rings is 1. The molecule has 0 radical (unpaired) electrons. The number of aromatic nitrogens is 2. The number of piperazine rings is 1. The number of halogens is 1. The van der Waals surface area contributed by atoms with Gasteiger partial charge >= 0.3 is 0 Å². The second-order valence-electron chi connectivity index (χ2n) is 8.32. The van der Waals surface area contributed by atoms with E-state index in [1.54, 1.807) is 24.4 Å². The number of fused-ring (bicyclic) bond motifs is 1. The molecule has 5 rings (SSSR count). The van der Waals surface area contributed by atoms with E-state index in [0.717, 1.165) is 11.1 Å². The van der Waals surface area contributed by atoms with Crippen LogP contribution in [0.3, 0.4) is 0 Å². The van der Waals surface area contributed by atoms with E-state index < -0.39 is 10.0 Å². The smallest absolute Gasteiger partial charge is 0.260 e. The van der Waals surface area contributed by atoms with Crippen LogP contribution in [0.15, 0.2) is 59.9 Å². The minimum absolute atomic E-state index is 0.00460. The summed E-state index contributed by atoms with van der Waals surface area (Å²) in [6, 6.07) is 11.3. The molecule has 1 amide bonds. The molecule has 0 bridgehead atoms. The lowest BCUT2D eigenvalue weighted by Gasteiger charge is -2.37. The van der Waals surface area contributed by atoms with Gasteiger partial charge in [-0.3, -0.25) is 9.78 Å². The van der Waals surface area contributed by atoms with E-state index in [1.165, 1.54) is 28.7 Å². The summed E-state index contributed by atoms with van der Waals surface area (Å²) in [6.07, 6.45) is 3.63. The van der Waals surface area contributed by atoms with Gasteiger partial charge in [0.2, 0.25) is 5.91 Å². The first-order valence-corrected chi connectivity index (χ1v) is 12.4. The molecule has 33 heavy (non-hydrogen) atoms. The van der Waals surface area contributed by atoms with E-state index in [2.05, 4.69) is 14.9 Å². The summed E-state index contributed by atoms with van der Waals surface area (Å²) in [5.74, 6) is -0.673. The Kier molecular flexibility index (Phi) is 5.71. The van der Waals surface area contributed by atoms with Gasteiger partial charge in [0.15, 0.2) is 5.03 Å². The molecule has 1 aromatic carbocycles. The van der Waals surface area contributed by atoms with Crippen LogP contribution in [0.2, 0.25) is 0 Å². The zero-order valence-corrected chi connectivity index (χ0v) is 18.8. The Morgan fingerprint density at radius 2 is 1.79 bits per heavy atom. The third-order valence-corrected chi connectivity index (χ3v) is 8.14. The van der Waals surface area contributed by atoms with Crippen molar-refractivity contribution in [3.63, 3.8) is 0 Å². The van der Waals surface area contributed by atoms with Crippen LogP contribution in [0.25, 0.3) is 10.9 Å². The van der Waals surface area contributed by atoms with Gasteiger partial charge in [-0.25, -0.2) is 17.8 Å². The molecule has 0 aliphatic carbocycles. The highest BCUT2D eigenvalue weighted by molar-refractivity contribution is 7.89. The monoisotopic (exact) mass is 469 g/mol. The highest BCUT2D eigenvalue weighted by atomic mass is 32.2. The highest BCUT2D eigenvalue weighted by Crippen LogP contribution is 2.28. The van der Waals surface area contributed by atoms with E-state index in [0.29, 0.717) is 44.7 Å². The fraction of sp³-hybridized carbons (Fsp3) is 0.348. The number of carbonyl (C=O) groups is 1. The summed E-state index contributed by atoms with van der Waals surface area (Å²) >= 11 is 0. The van der Waals surface area contributed by atoms with Crippen LogP contribution < -0.4 is 4.90 Å². The minimum atomic E-state index is -3.69. The molecule has 0 saturated carbocycles. The van der Waals surface area contributed by atoms with Gasteiger partial charge in [0.1, 0.15) is 5.82 Å². The first-order valence-electron chi connectivity index (χ1n) is 10.9.